The lowest BCUT2D eigenvalue weighted by atomic mass is 9.84. The van der Waals surface area contributed by atoms with Crippen molar-refractivity contribution in [2.45, 2.75) is 64.6 Å². The summed E-state index contributed by atoms with van der Waals surface area (Å²) in [4.78, 5) is 31.3. The third-order valence-electron chi connectivity index (χ3n) is 5.88. The zero-order chi connectivity index (χ0) is 22.2. The number of fused-ring (bicyclic) bond motifs is 3. The van der Waals surface area contributed by atoms with Crippen LogP contribution in [0.4, 0.5) is 15.3 Å². The van der Waals surface area contributed by atoms with Gasteiger partial charge in [-0.2, -0.15) is 0 Å². The standard InChI is InChI=1S/C23H29ClN4O3/c1-23(2,3)31-22(30)27-11-14-4-7-17(8-5-14)28-20-15(13-26-21(28)29)12-25-19-9-6-16(24)10-18(19)20/h6,9-10,12,14,17H,4-5,7-8,11,13H2,1-3H3,(H,26,29)(H,27,30). The molecule has 0 saturated heterocycles. The third-order valence-corrected chi connectivity index (χ3v) is 6.12. The van der Waals surface area contributed by atoms with E-state index < -0.39 is 5.60 Å². The molecule has 2 heterocycles. The Labute approximate surface area is 187 Å². The molecule has 0 atom stereocenters. The molecule has 2 N–H and O–H groups in total. The fourth-order valence-electron chi connectivity index (χ4n) is 4.46. The van der Waals surface area contributed by atoms with Crippen LogP contribution in [0.25, 0.3) is 10.9 Å². The van der Waals surface area contributed by atoms with Crippen LogP contribution in [-0.2, 0) is 11.3 Å². The lowest BCUT2D eigenvalue weighted by Crippen LogP contribution is -2.51. The van der Waals surface area contributed by atoms with Crippen molar-refractivity contribution in [2.24, 2.45) is 5.92 Å². The van der Waals surface area contributed by atoms with Crippen molar-refractivity contribution < 1.29 is 14.3 Å². The van der Waals surface area contributed by atoms with E-state index in [-0.39, 0.29) is 18.2 Å². The van der Waals surface area contributed by atoms with Gasteiger partial charge in [0, 0.05) is 41.3 Å². The van der Waals surface area contributed by atoms with Crippen molar-refractivity contribution in [1.29, 1.82) is 0 Å². The quantitative estimate of drug-likeness (QED) is 0.697. The van der Waals surface area contributed by atoms with Crippen LogP contribution in [0.1, 0.15) is 52.0 Å². The number of benzene rings is 1. The fourth-order valence-corrected chi connectivity index (χ4v) is 4.63. The largest absolute Gasteiger partial charge is 0.444 e. The number of hydrogen-bond acceptors (Lipinski definition) is 4. The molecule has 1 aliphatic carbocycles. The monoisotopic (exact) mass is 444 g/mol. The van der Waals surface area contributed by atoms with Gasteiger partial charge in [-0.1, -0.05) is 11.6 Å². The van der Waals surface area contributed by atoms with Crippen LogP contribution in [0.3, 0.4) is 0 Å². The van der Waals surface area contributed by atoms with Gasteiger partial charge in [-0.25, -0.2) is 9.59 Å². The van der Waals surface area contributed by atoms with Crippen molar-refractivity contribution in [1.82, 2.24) is 15.6 Å². The van der Waals surface area contributed by atoms with Crippen LogP contribution in [0, 0.1) is 5.92 Å². The number of aromatic nitrogens is 1. The zero-order valence-electron chi connectivity index (χ0n) is 18.2. The molecule has 1 saturated carbocycles. The average molecular weight is 445 g/mol. The Morgan fingerprint density at radius 2 is 2.03 bits per heavy atom. The van der Waals surface area contributed by atoms with Crippen molar-refractivity contribution >= 4 is 40.3 Å². The third kappa shape index (κ3) is 4.87. The highest BCUT2D eigenvalue weighted by molar-refractivity contribution is 6.31. The van der Waals surface area contributed by atoms with Gasteiger partial charge in [-0.15, -0.1) is 0 Å². The minimum Gasteiger partial charge on any atom is -0.444 e. The molecular weight excluding hydrogens is 416 g/mol. The molecule has 1 aromatic carbocycles. The number of amides is 3. The number of pyridine rings is 1. The molecule has 4 rings (SSSR count). The van der Waals surface area contributed by atoms with Crippen LogP contribution in [0.5, 0.6) is 0 Å². The maximum absolute atomic E-state index is 12.9. The summed E-state index contributed by atoms with van der Waals surface area (Å²) in [7, 11) is 0. The molecule has 166 valence electrons. The molecule has 0 spiro atoms. The van der Waals surface area contributed by atoms with E-state index in [1.54, 1.807) is 0 Å². The first-order chi connectivity index (χ1) is 14.7. The minimum absolute atomic E-state index is 0.0738. The Hall–Kier alpha value is -2.54. The molecule has 1 fully saturated rings. The summed E-state index contributed by atoms with van der Waals surface area (Å²) in [6.07, 6.45) is 5.08. The van der Waals surface area contributed by atoms with E-state index in [0.717, 1.165) is 47.8 Å². The minimum atomic E-state index is -0.503. The average Bonchev–Trinajstić information content (AvgIpc) is 2.71. The van der Waals surface area contributed by atoms with E-state index in [4.69, 9.17) is 16.3 Å². The number of rotatable bonds is 3. The highest BCUT2D eigenvalue weighted by Crippen LogP contribution is 2.38. The van der Waals surface area contributed by atoms with Crippen LogP contribution in [-0.4, -0.2) is 35.3 Å². The van der Waals surface area contributed by atoms with E-state index in [0.29, 0.717) is 24.0 Å². The number of anilines is 1. The SMILES string of the molecule is CC(C)(C)OC(=O)NCC1CCC(N2C(=O)NCc3cnc4ccc(Cl)cc4c32)CC1. The molecule has 2 aromatic rings. The first-order valence-corrected chi connectivity index (χ1v) is 11.2. The highest BCUT2D eigenvalue weighted by Gasteiger charge is 2.35. The maximum Gasteiger partial charge on any atom is 0.407 e. The zero-order valence-corrected chi connectivity index (χ0v) is 19.0. The van der Waals surface area contributed by atoms with Gasteiger partial charge in [0.25, 0.3) is 0 Å². The number of nitrogens with one attached hydrogen (secondary N) is 2. The van der Waals surface area contributed by atoms with Crippen LogP contribution in [0.2, 0.25) is 5.02 Å². The van der Waals surface area contributed by atoms with E-state index in [9.17, 15) is 9.59 Å². The summed E-state index contributed by atoms with van der Waals surface area (Å²) in [6, 6.07) is 5.63. The van der Waals surface area contributed by atoms with Gasteiger partial charge >= 0.3 is 12.1 Å². The Morgan fingerprint density at radius 3 is 2.74 bits per heavy atom. The molecule has 0 unspecified atom stereocenters. The van der Waals surface area contributed by atoms with E-state index in [1.807, 2.05) is 50.1 Å². The van der Waals surface area contributed by atoms with E-state index >= 15 is 0 Å². The second kappa shape index (κ2) is 8.54. The number of hydrogen-bond donors (Lipinski definition) is 2. The molecule has 2 aliphatic rings. The lowest BCUT2D eigenvalue weighted by Gasteiger charge is -2.40. The summed E-state index contributed by atoms with van der Waals surface area (Å²) >= 11 is 6.26. The van der Waals surface area contributed by atoms with Gasteiger partial charge in [0.15, 0.2) is 0 Å². The molecule has 0 radical (unpaired) electrons. The highest BCUT2D eigenvalue weighted by atomic mass is 35.5. The summed E-state index contributed by atoms with van der Waals surface area (Å²) in [5, 5.41) is 7.40. The van der Waals surface area contributed by atoms with Gasteiger partial charge in [0.2, 0.25) is 0 Å². The molecule has 1 aromatic heterocycles. The lowest BCUT2D eigenvalue weighted by molar-refractivity contribution is 0.0515. The predicted octanol–water partition coefficient (Wildman–Crippen LogP) is 5.00. The summed E-state index contributed by atoms with van der Waals surface area (Å²) in [6.45, 7) is 6.62. The summed E-state index contributed by atoms with van der Waals surface area (Å²) in [5.41, 5.74) is 2.25. The predicted molar refractivity (Wildman–Crippen MR) is 121 cm³/mol. The maximum atomic E-state index is 12.9. The number of nitrogens with zero attached hydrogens (tertiary/aromatic N) is 2. The Balaban J connectivity index is 1.46. The van der Waals surface area contributed by atoms with Crippen molar-refractivity contribution in [2.75, 3.05) is 11.4 Å². The number of carbonyl (C=O) groups is 2. The number of alkyl carbamates (subject to hydrolysis) is 1. The number of ether oxygens (including phenoxy) is 1. The van der Waals surface area contributed by atoms with Gasteiger partial charge in [-0.3, -0.25) is 9.88 Å². The number of carbonyl (C=O) groups excluding carboxylic acids is 2. The normalized spacial score (nSPS) is 21.4. The van der Waals surface area contributed by atoms with Crippen LogP contribution < -0.4 is 15.5 Å². The molecule has 8 heteroatoms. The van der Waals surface area contributed by atoms with Crippen LogP contribution in [0.15, 0.2) is 24.4 Å². The van der Waals surface area contributed by atoms with Gasteiger partial charge in [0.05, 0.1) is 11.2 Å². The molecule has 0 bridgehead atoms. The fraction of sp³-hybridized carbons (Fsp3) is 0.522. The molecule has 7 nitrogen and oxygen atoms in total. The summed E-state index contributed by atoms with van der Waals surface area (Å²) < 4.78 is 5.32. The van der Waals surface area contributed by atoms with E-state index in [2.05, 4.69) is 15.6 Å². The second-order valence-corrected chi connectivity index (χ2v) is 9.82. The smallest absolute Gasteiger partial charge is 0.407 e. The number of urea groups is 1. The van der Waals surface area contributed by atoms with Gasteiger partial charge in [-0.05, 0) is 70.6 Å². The van der Waals surface area contributed by atoms with Crippen LogP contribution >= 0.6 is 11.6 Å². The van der Waals surface area contributed by atoms with Crippen molar-refractivity contribution in [3.8, 4) is 0 Å². The Bertz CT molecular complexity index is 996. The summed E-state index contributed by atoms with van der Waals surface area (Å²) in [5.74, 6) is 0.375. The molecule has 1 aliphatic heterocycles. The molecular formula is C23H29ClN4O3. The second-order valence-electron chi connectivity index (χ2n) is 9.38. The topological polar surface area (TPSA) is 83.6 Å². The number of halogens is 1. The van der Waals surface area contributed by atoms with Gasteiger partial charge in [0.1, 0.15) is 5.60 Å². The first kappa shape index (κ1) is 21.7. The Morgan fingerprint density at radius 1 is 1.29 bits per heavy atom. The van der Waals surface area contributed by atoms with Gasteiger partial charge < -0.3 is 15.4 Å². The van der Waals surface area contributed by atoms with Crippen molar-refractivity contribution in [3.05, 3.63) is 35.0 Å². The Kier molecular flexibility index (Phi) is 5.97. The van der Waals surface area contributed by atoms with E-state index in [1.165, 1.54) is 0 Å². The molecule has 31 heavy (non-hydrogen) atoms. The molecule has 3 amide bonds. The first-order valence-electron chi connectivity index (χ1n) is 10.8. The van der Waals surface area contributed by atoms with Crippen molar-refractivity contribution in [3.63, 3.8) is 0 Å².